The first-order chi connectivity index (χ1) is 15.6. The molecule has 1 heterocycles. The number of aromatic nitrogens is 2. The van der Waals surface area contributed by atoms with Gasteiger partial charge in [0.25, 0.3) is 5.56 Å². The Labute approximate surface area is 200 Å². The first-order valence-corrected chi connectivity index (χ1v) is 11.6. The van der Waals surface area contributed by atoms with Crippen LogP contribution < -0.4 is 10.3 Å². The SMILES string of the molecule is CCCCc1nc2ccc(Br)cc2c(=O)n1N=Cc1cccc([N+](=O)[O-])c1OCC(C)(C)C. The highest BCUT2D eigenvalue weighted by molar-refractivity contribution is 9.10. The normalized spacial score (nSPS) is 11.9. The Balaban J connectivity index is 2.13. The van der Waals surface area contributed by atoms with Gasteiger partial charge in [-0.3, -0.25) is 14.9 Å². The summed E-state index contributed by atoms with van der Waals surface area (Å²) in [5.41, 5.74) is 0.368. The molecule has 0 bridgehead atoms. The maximum atomic E-state index is 13.3. The summed E-state index contributed by atoms with van der Waals surface area (Å²) in [6.45, 7) is 8.29. The number of nitrogens with zero attached hydrogens (tertiary/aromatic N) is 4. The van der Waals surface area contributed by atoms with Crippen molar-refractivity contribution in [2.24, 2.45) is 10.5 Å². The van der Waals surface area contributed by atoms with Crippen molar-refractivity contribution in [2.45, 2.75) is 47.0 Å². The molecule has 3 aromatic rings. The zero-order valence-electron chi connectivity index (χ0n) is 19.2. The van der Waals surface area contributed by atoms with E-state index in [0.717, 1.165) is 17.3 Å². The number of fused-ring (bicyclic) bond motifs is 1. The van der Waals surface area contributed by atoms with Crippen LogP contribution in [0.1, 0.15) is 51.9 Å². The molecule has 0 radical (unpaired) electrons. The lowest BCUT2D eigenvalue weighted by Crippen LogP contribution is -2.22. The zero-order chi connectivity index (χ0) is 24.2. The number of nitro benzene ring substituents is 1. The molecule has 0 unspecified atom stereocenters. The number of hydrogen-bond acceptors (Lipinski definition) is 6. The molecule has 0 aliphatic heterocycles. The molecule has 2 aromatic carbocycles. The maximum absolute atomic E-state index is 13.3. The second-order valence-electron chi connectivity index (χ2n) is 8.96. The third-order valence-electron chi connectivity index (χ3n) is 4.81. The number of benzene rings is 2. The minimum atomic E-state index is -0.483. The predicted octanol–water partition coefficient (Wildman–Crippen LogP) is 5.72. The molecular weight excluding hydrogens is 488 g/mol. The van der Waals surface area contributed by atoms with E-state index in [-0.39, 0.29) is 29.0 Å². The Morgan fingerprint density at radius 3 is 2.70 bits per heavy atom. The molecule has 0 fully saturated rings. The number of aryl methyl sites for hydroxylation is 1. The van der Waals surface area contributed by atoms with Crippen molar-refractivity contribution in [3.05, 3.63) is 72.7 Å². The standard InChI is InChI=1S/C24H27BrN4O4/c1-5-6-10-21-27-19-12-11-17(25)13-18(19)23(30)28(21)26-14-16-8-7-9-20(29(31)32)22(16)33-15-24(2,3)4/h7-9,11-14H,5-6,10,15H2,1-4H3. The molecule has 0 amide bonds. The average Bonchev–Trinajstić information content (AvgIpc) is 2.75. The highest BCUT2D eigenvalue weighted by Gasteiger charge is 2.21. The second kappa shape index (κ2) is 10.2. The third-order valence-corrected chi connectivity index (χ3v) is 5.31. The molecule has 0 N–H and O–H groups in total. The molecule has 0 aliphatic carbocycles. The number of unbranched alkanes of at least 4 members (excludes halogenated alkanes) is 1. The molecule has 33 heavy (non-hydrogen) atoms. The topological polar surface area (TPSA) is 99.6 Å². The van der Waals surface area contributed by atoms with Crippen molar-refractivity contribution in [3.8, 4) is 5.75 Å². The summed E-state index contributed by atoms with van der Waals surface area (Å²) in [7, 11) is 0. The summed E-state index contributed by atoms with van der Waals surface area (Å²) in [4.78, 5) is 29.0. The van der Waals surface area contributed by atoms with Crippen LogP contribution >= 0.6 is 15.9 Å². The lowest BCUT2D eigenvalue weighted by Gasteiger charge is -2.19. The Bertz CT molecular complexity index is 1260. The quantitative estimate of drug-likeness (QED) is 0.217. The summed E-state index contributed by atoms with van der Waals surface area (Å²) in [6.07, 6.45) is 3.79. The van der Waals surface area contributed by atoms with Crippen LogP contribution in [0, 0.1) is 15.5 Å². The van der Waals surface area contributed by atoms with Crippen LogP contribution in [-0.4, -0.2) is 27.4 Å². The van der Waals surface area contributed by atoms with Gasteiger partial charge < -0.3 is 4.74 Å². The van der Waals surface area contributed by atoms with Crippen molar-refractivity contribution in [1.82, 2.24) is 9.66 Å². The number of nitro groups is 1. The van der Waals surface area contributed by atoms with Crippen LogP contribution in [0.25, 0.3) is 10.9 Å². The molecule has 8 nitrogen and oxygen atoms in total. The smallest absolute Gasteiger partial charge is 0.311 e. The van der Waals surface area contributed by atoms with Gasteiger partial charge in [0, 0.05) is 22.5 Å². The fourth-order valence-electron chi connectivity index (χ4n) is 3.16. The van der Waals surface area contributed by atoms with Gasteiger partial charge in [-0.25, -0.2) is 4.98 Å². The summed E-state index contributed by atoms with van der Waals surface area (Å²) < 4.78 is 7.89. The van der Waals surface area contributed by atoms with E-state index in [1.807, 2.05) is 26.8 Å². The number of para-hydroxylation sites is 1. The third kappa shape index (κ3) is 6.04. The molecule has 9 heteroatoms. The number of halogens is 1. The van der Waals surface area contributed by atoms with E-state index in [1.165, 1.54) is 17.0 Å². The molecular formula is C24H27BrN4O4. The van der Waals surface area contributed by atoms with Crippen molar-refractivity contribution in [1.29, 1.82) is 0 Å². The average molecular weight is 515 g/mol. The lowest BCUT2D eigenvalue weighted by atomic mass is 9.98. The minimum absolute atomic E-state index is 0.126. The summed E-state index contributed by atoms with van der Waals surface area (Å²) >= 11 is 3.40. The Morgan fingerprint density at radius 1 is 1.27 bits per heavy atom. The molecule has 0 spiro atoms. The Hall–Kier alpha value is -3.07. The van der Waals surface area contributed by atoms with E-state index in [4.69, 9.17) is 4.74 Å². The number of hydrogen-bond donors (Lipinski definition) is 0. The van der Waals surface area contributed by atoms with E-state index in [1.54, 1.807) is 24.3 Å². The zero-order valence-corrected chi connectivity index (χ0v) is 20.8. The van der Waals surface area contributed by atoms with Gasteiger partial charge >= 0.3 is 5.69 Å². The van der Waals surface area contributed by atoms with Crippen LogP contribution in [0.3, 0.4) is 0 Å². The fourth-order valence-corrected chi connectivity index (χ4v) is 3.53. The monoisotopic (exact) mass is 514 g/mol. The van der Waals surface area contributed by atoms with Crippen molar-refractivity contribution < 1.29 is 9.66 Å². The summed E-state index contributed by atoms with van der Waals surface area (Å²) in [6, 6.07) is 9.99. The molecule has 0 aliphatic rings. The van der Waals surface area contributed by atoms with Gasteiger partial charge in [0.1, 0.15) is 5.82 Å². The molecule has 0 saturated carbocycles. The van der Waals surface area contributed by atoms with Gasteiger partial charge in [0.15, 0.2) is 0 Å². The van der Waals surface area contributed by atoms with Crippen LogP contribution in [0.2, 0.25) is 0 Å². The number of ether oxygens (including phenoxy) is 1. The van der Waals surface area contributed by atoms with Crippen LogP contribution in [0.5, 0.6) is 5.75 Å². The van der Waals surface area contributed by atoms with Crippen LogP contribution in [0.4, 0.5) is 5.69 Å². The Kier molecular flexibility index (Phi) is 7.63. The van der Waals surface area contributed by atoms with E-state index in [2.05, 4.69) is 32.9 Å². The Morgan fingerprint density at radius 2 is 2.03 bits per heavy atom. The fraction of sp³-hybridized carbons (Fsp3) is 0.375. The molecule has 0 atom stereocenters. The van der Waals surface area contributed by atoms with Gasteiger partial charge in [-0.05, 0) is 36.1 Å². The van der Waals surface area contributed by atoms with Gasteiger partial charge in [0.05, 0.1) is 28.6 Å². The van der Waals surface area contributed by atoms with E-state index in [0.29, 0.717) is 28.7 Å². The maximum Gasteiger partial charge on any atom is 0.311 e. The highest BCUT2D eigenvalue weighted by Crippen LogP contribution is 2.31. The minimum Gasteiger partial charge on any atom is -0.486 e. The first kappa shape index (κ1) is 24.6. The van der Waals surface area contributed by atoms with Crippen molar-refractivity contribution in [3.63, 3.8) is 0 Å². The molecule has 3 rings (SSSR count). The summed E-state index contributed by atoms with van der Waals surface area (Å²) in [5.74, 6) is 0.663. The first-order valence-electron chi connectivity index (χ1n) is 10.8. The van der Waals surface area contributed by atoms with Crippen LogP contribution in [0.15, 0.2) is 50.8 Å². The van der Waals surface area contributed by atoms with Gasteiger partial charge in [-0.2, -0.15) is 9.78 Å². The van der Waals surface area contributed by atoms with Crippen molar-refractivity contribution >= 4 is 38.7 Å². The van der Waals surface area contributed by atoms with E-state index in [9.17, 15) is 14.9 Å². The van der Waals surface area contributed by atoms with E-state index >= 15 is 0 Å². The molecule has 174 valence electrons. The second-order valence-corrected chi connectivity index (χ2v) is 9.87. The largest absolute Gasteiger partial charge is 0.486 e. The van der Waals surface area contributed by atoms with Gasteiger partial charge in [-0.15, -0.1) is 0 Å². The lowest BCUT2D eigenvalue weighted by molar-refractivity contribution is -0.386. The molecule has 1 aromatic heterocycles. The predicted molar refractivity (Wildman–Crippen MR) is 133 cm³/mol. The van der Waals surface area contributed by atoms with Gasteiger partial charge in [0.2, 0.25) is 5.75 Å². The van der Waals surface area contributed by atoms with Crippen molar-refractivity contribution in [2.75, 3.05) is 6.61 Å². The summed E-state index contributed by atoms with van der Waals surface area (Å²) in [5, 5.41) is 16.4. The molecule has 0 saturated heterocycles. The van der Waals surface area contributed by atoms with E-state index < -0.39 is 4.92 Å². The highest BCUT2D eigenvalue weighted by atomic mass is 79.9. The number of rotatable bonds is 8. The van der Waals surface area contributed by atoms with Crippen LogP contribution in [-0.2, 0) is 6.42 Å². The van der Waals surface area contributed by atoms with Gasteiger partial charge in [-0.1, -0.05) is 56.1 Å².